The molecule has 2 rings (SSSR count). The first-order valence-corrected chi connectivity index (χ1v) is 4.61. The number of benzene rings is 1. The molecule has 16 heavy (non-hydrogen) atoms. The highest BCUT2D eigenvalue weighted by Crippen LogP contribution is 2.30. The third-order valence-electron chi connectivity index (χ3n) is 2.13. The van der Waals surface area contributed by atoms with Gasteiger partial charge in [-0.05, 0) is 18.2 Å². The number of hydrogen-bond acceptors (Lipinski definition) is 3. The number of nitrogens with zero attached hydrogens (tertiary/aromatic N) is 1. The van der Waals surface area contributed by atoms with Gasteiger partial charge >= 0.3 is 0 Å². The number of nitrogens with one attached hydrogen (secondary N) is 1. The second kappa shape index (κ2) is 4.14. The molecule has 1 heterocycles. The molecule has 4 nitrogen and oxygen atoms in total. The van der Waals surface area contributed by atoms with E-state index in [1.54, 1.807) is 12.1 Å². The summed E-state index contributed by atoms with van der Waals surface area (Å²) in [6.07, 6.45) is 0. The predicted octanol–water partition coefficient (Wildman–Crippen LogP) is 1.58. The van der Waals surface area contributed by atoms with E-state index in [9.17, 15) is 9.18 Å². The summed E-state index contributed by atoms with van der Waals surface area (Å²) in [5, 5.41) is 6.01. The van der Waals surface area contributed by atoms with Gasteiger partial charge in [0, 0.05) is 6.07 Å². The number of H-pyrrole nitrogens is 1. The zero-order valence-corrected chi connectivity index (χ0v) is 8.53. The molecule has 0 saturated carbocycles. The van der Waals surface area contributed by atoms with Crippen LogP contribution in [-0.2, 0) is 0 Å². The Morgan fingerprint density at radius 2 is 2.12 bits per heavy atom. The third-order valence-corrected chi connectivity index (χ3v) is 2.13. The van der Waals surface area contributed by atoms with Crippen LogP contribution in [0.4, 0.5) is 4.39 Å². The van der Waals surface area contributed by atoms with Gasteiger partial charge in [0.2, 0.25) is 0 Å². The molecule has 0 unspecified atom stereocenters. The summed E-state index contributed by atoms with van der Waals surface area (Å²) in [7, 11) is 1.45. The van der Waals surface area contributed by atoms with Gasteiger partial charge in [-0.3, -0.25) is 4.79 Å². The van der Waals surface area contributed by atoms with Gasteiger partial charge in [0.25, 0.3) is 5.56 Å². The molecule has 1 aromatic carbocycles. The van der Waals surface area contributed by atoms with Crippen LogP contribution >= 0.6 is 0 Å². The molecule has 0 fully saturated rings. The highest BCUT2D eigenvalue weighted by Gasteiger charge is 2.12. The Kier molecular flexibility index (Phi) is 2.68. The first-order chi connectivity index (χ1) is 7.72. The van der Waals surface area contributed by atoms with Crippen molar-refractivity contribution in [1.29, 1.82) is 0 Å². The summed E-state index contributed by atoms with van der Waals surface area (Å²) in [5.74, 6) is -0.0709. The van der Waals surface area contributed by atoms with E-state index in [1.165, 1.54) is 25.3 Å². The molecule has 0 amide bonds. The molecule has 0 atom stereocenters. The molecular weight excluding hydrogens is 211 g/mol. The highest BCUT2D eigenvalue weighted by molar-refractivity contribution is 5.67. The van der Waals surface area contributed by atoms with Crippen molar-refractivity contribution in [2.24, 2.45) is 0 Å². The van der Waals surface area contributed by atoms with Crippen LogP contribution in [-0.4, -0.2) is 17.3 Å². The fourth-order valence-electron chi connectivity index (χ4n) is 1.41. The minimum Gasteiger partial charge on any atom is -0.496 e. The lowest BCUT2D eigenvalue weighted by atomic mass is 10.1. The molecule has 82 valence electrons. The lowest BCUT2D eigenvalue weighted by Crippen LogP contribution is -2.06. The van der Waals surface area contributed by atoms with Gasteiger partial charge < -0.3 is 4.74 Å². The van der Waals surface area contributed by atoms with Gasteiger partial charge in [0.1, 0.15) is 11.6 Å². The summed E-state index contributed by atoms with van der Waals surface area (Å²) in [4.78, 5) is 10.8. The topological polar surface area (TPSA) is 55.0 Å². The Morgan fingerprint density at radius 3 is 2.75 bits per heavy atom. The van der Waals surface area contributed by atoms with Crippen molar-refractivity contribution in [3.63, 3.8) is 0 Å². The lowest BCUT2D eigenvalue weighted by Gasteiger charge is -2.07. The van der Waals surface area contributed by atoms with Crippen LogP contribution in [0.5, 0.6) is 5.75 Å². The number of methoxy groups -OCH3 is 1. The monoisotopic (exact) mass is 220 g/mol. The highest BCUT2D eigenvalue weighted by atomic mass is 19.1. The molecule has 0 spiro atoms. The van der Waals surface area contributed by atoms with Crippen molar-refractivity contribution in [3.8, 4) is 17.0 Å². The molecule has 5 heteroatoms. The van der Waals surface area contributed by atoms with Crippen LogP contribution in [0.15, 0.2) is 35.1 Å². The van der Waals surface area contributed by atoms with E-state index in [0.29, 0.717) is 11.4 Å². The van der Waals surface area contributed by atoms with E-state index >= 15 is 0 Å². The van der Waals surface area contributed by atoms with Crippen molar-refractivity contribution in [2.75, 3.05) is 7.11 Å². The maximum atomic E-state index is 13.6. The van der Waals surface area contributed by atoms with Crippen LogP contribution < -0.4 is 10.3 Å². The summed E-state index contributed by atoms with van der Waals surface area (Å²) in [5.41, 5.74) is 0.231. The largest absolute Gasteiger partial charge is 0.496 e. The van der Waals surface area contributed by atoms with Gasteiger partial charge in [-0.15, -0.1) is 0 Å². The molecule has 0 aliphatic carbocycles. The molecule has 0 radical (unpaired) electrons. The lowest BCUT2D eigenvalue weighted by molar-refractivity contribution is 0.413. The maximum Gasteiger partial charge on any atom is 0.264 e. The molecule has 0 aliphatic heterocycles. The Bertz CT molecular complexity index is 546. The Morgan fingerprint density at radius 1 is 1.31 bits per heavy atom. The van der Waals surface area contributed by atoms with Gasteiger partial charge in [0.15, 0.2) is 0 Å². The van der Waals surface area contributed by atoms with Crippen molar-refractivity contribution >= 4 is 0 Å². The van der Waals surface area contributed by atoms with Crippen molar-refractivity contribution < 1.29 is 9.13 Å². The van der Waals surface area contributed by atoms with Gasteiger partial charge in [-0.2, -0.15) is 5.10 Å². The fourth-order valence-corrected chi connectivity index (χ4v) is 1.41. The zero-order valence-electron chi connectivity index (χ0n) is 8.53. The van der Waals surface area contributed by atoms with Gasteiger partial charge in [0.05, 0.1) is 18.4 Å². The van der Waals surface area contributed by atoms with Crippen molar-refractivity contribution in [3.05, 3.63) is 46.5 Å². The van der Waals surface area contributed by atoms with Gasteiger partial charge in [-0.25, -0.2) is 9.49 Å². The number of hydrogen-bond donors (Lipinski definition) is 1. The van der Waals surface area contributed by atoms with Crippen LogP contribution in [0.3, 0.4) is 0 Å². The first kappa shape index (κ1) is 10.4. The average molecular weight is 220 g/mol. The smallest absolute Gasteiger partial charge is 0.264 e. The van der Waals surface area contributed by atoms with E-state index in [4.69, 9.17) is 4.74 Å². The van der Waals surface area contributed by atoms with Crippen LogP contribution in [0.1, 0.15) is 0 Å². The summed E-state index contributed by atoms with van der Waals surface area (Å²) in [6, 6.07) is 7.22. The second-order valence-corrected chi connectivity index (χ2v) is 3.12. The fraction of sp³-hybridized carbons (Fsp3) is 0.0909. The number of ether oxygens (including phenoxy) is 1. The van der Waals surface area contributed by atoms with Crippen molar-refractivity contribution in [1.82, 2.24) is 10.2 Å². The predicted molar refractivity (Wildman–Crippen MR) is 56.8 cm³/mol. The Labute approximate surface area is 90.7 Å². The molecule has 2 aromatic rings. The molecule has 1 N–H and O–H groups in total. The number of aromatic amines is 1. The number of aromatic nitrogens is 2. The van der Waals surface area contributed by atoms with E-state index in [0.717, 1.165) is 0 Å². The van der Waals surface area contributed by atoms with E-state index in [1.807, 2.05) is 0 Å². The molecule has 0 bridgehead atoms. The molecule has 0 aliphatic rings. The summed E-state index contributed by atoms with van der Waals surface area (Å²) >= 11 is 0. The number of rotatable bonds is 2. The van der Waals surface area contributed by atoms with Gasteiger partial charge in [-0.1, -0.05) is 6.07 Å². The standard InChI is InChI=1S/C11H9FN2O2/c1-16-9-4-2-3-7(12)11(9)8-5-6-10(15)14-13-8/h2-6H,1H3,(H,14,15). The average Bonchev–Trinajstić information content (AvgIpc) is 2.30. The Hall–Kier alpha value is -2.17. The molecule has 1 aromatic heterocycles. The maximum absolute atomic E-state index is 13.6. The quantitative estimate of drug-likeness (QED) is 0.836. The molecular formula is C11H9FN2O2. The normalized spacial score (nSPS) is 10.1. The van der Waals surface area contributed by atoms with E-state index < -0.39 is 5.82 Å². The SMILES string of the molecule is COc1cccc(F)c1-c1ccc(=O)[nH]n1. The Balaban J connectivity index is 2.63. The zero-order chi connectivity index (χ0) is 11.5. The first-order valence-electron chi connectivity index (χ1n) is 4.61. The second-order valence-electron chi connectivity index (χ2n) is 3.12. The third kappa shape index (κ3) is 1.79. The number of halogens is 1. The minimum absolute atomic E-state index is 0.237. The molecule has 0 saturated heterocycles. The van der Waals surface area contributed by atoms with Crippen LogP contribution in [0.25, 0.3) is 11.3 Å². The summed E-state index contributed by atoms with van der Waals surface area (Å²) < 4.78 is 18.7. The summed E-state index contributed by atoms with van der Waals surface area (Å²) in [6.45, 7) is 0. The van der Waals surface area contributed by atoms with Crippen LogP contribution in [0, 0.1) is 5.82 Å². The van der Waals surface area contributed by atoms with E-state index in [-0.39, 0.29) is 11.1 Å². The van der Waals surface area contributed by atoms with E-state index in [2.05, 4.69) is 10.2 Å². The van der Waals surface area contributed by atoms with Crippen molar-refractivity contribution in [2.45, 2.75) is 0 Å². The van der Waals surface area contributed by atoms with Crippen LogP contribution in [0.2, 0.25) is 0 Å². The minimum atomic E-state index is -0.445.